The molecule has 2 N–H and O–H groups in total. The van der Waals surface area contributed by atoms with E-state index in [9.17, 15) is 9.59 Å². The van der Waals surface area contributed by atoms with Crippen LogP contribution in [0.15, 0.2) is 53.6 Å². The first-order valence-corrected chi connectivity index (χ1v) is 10.3. The van der Waals surface area contributed by atoms with Gasteiger partial charge in [0, 0.05) is 29.8 Å². The van der Waals surface area contributed by atoms with Crippen LogP contribution in [0.25, 0.3) is 21.8 Å². The average Bonchev–Trinajstić information content (AvgIpc) is 3.14. The van der Waals surface area contributed by atoms with Gasteiger partial charge in [-0.2, -0.15) is 0 Å². The number of benzene rings is 2. The van der Waals surface area contributed by atoms with Crippen molar-refractivity contribution in [1.82, 2.24) is 14.9 Å². The Morgan fingerprint density at radius 1 is 1.30 bits per heavy atom. The molecular formula is C23H20ClN3O3. The second-order valence-corrected chi connectivity index (χ2v) is 7.99. The minimum absolute atomic E-state index is 0.0674. The zero-order valence-electron chi connectivity index (χ0n) is 16.4. The molecule has 0 bridgehead atoms. The number of amides is 1. The molecule has 0 saturated heterocycles. The van der Waals surface area contributed by atoms with Crippen LogP contribution < -0.4 is 15.5 Å². The standard InChI is InChI=1S/C23H20ClN3O3/c1-13-11-27-12-16(22(28)20-17(24)6-7-19(30-13)21(20)27)23(29)25-9-8-14-10-26-18-5-3-2-4-15(14)18/h2-7,10,12-13,26H,8-9,11H2,1H3,(H,25,29). The van der Waals surface area contributed by atoms with Crippen LogP contribution in [-0.4, -0.2) is 28.1 Å². The molecule has 4 aromatic rings. The van der Waals surface area contributed by atoms with E-state index in [4.69, 9.17) is 16.3 Å². The Bertz CT molecular complexity index is 1360. The van der Waals surface area contributed by atoms with E-state index >= 15 is 0 Å². The van der Waals surface area contributed by atoms with Crippen molar-refractivity contribution in [1.29, 1.82) is 0 Å². The first kappa shape index (κ1) is 18.8. The summed E-state index contributed by atoms with van der Waals surface area (Å²) < 4.78 is 7.72. The second-order valence-electron chi connectivity index (χ2n) is 7.59. The van der Waals surface area contributed by atoms with Gasteiger partial charge < -0.3 is 19.6 Å². The number of rotatable bonds is 4. The maximum absolute atomic E-state index is 13.1. The smallest absolute Gasteiger partial charge is 0.256 e. The van der Waals surface area contributed by atoms with Gasteiger partial charge in [-0.25, -0.2) is 0 Å². The summed E-state index contributed by atoms with van der Waals surface area (Å²) in [5.74, 6) is 0.211. The molecule has 0 saturated carbocycles. The van der Waals surface area contributed by atoms with Crippen molar-refractivity contribution in [2.75, 3.05) is 6.54 Å². The van der Waals surface area contributed by atoms with Crippen molar-refractivity contribution >= 4 is 39.3 Å². The number of hydrogen-bond donors (Lipinski definition) is 2. The minimum Gasteiger partial charge on any atom is -0.487 e. The lowest BCUT2D eigenvalue weighted by molar-refractivity contribution is 0.0951. The predicted octanol–water partition coefficient (Wildman–Crippen LogP) is 3.89. The van der Waals surface area contributed by atoms with E-state index in [1.54, 1.807) is 18.3 Å². The molecule has 1 aliphatic rings. The molecule has 2 aromatic heterocycles. The Morgan fingerprint density at radius 2 is 2.13 bits per heavy atom. The highest BCUT2D eigenvalue weighted by atomic mass is 35.5. The van der Waals surface area contributed by atoms with Gasteiger partial charge >= 0.3 is 0 Å². The fourth-order valence-corrected chi connectivity index (χ4v) is 4.38. The number of aromatic amines is 1. The van der Waals surface area contributed by atoms with E-state index in [1.807, 2.05) is 42.0 Å². The summed E-state index contributed by atoms with van der Waals surface area (Å²) in [6.07, 6.45) is 4.16. The Balaban J connectivity index is 1.43. The molecule has 1 atom stereocenters. The summed E-state index contributed by atoms with van der Waals surface area (Å²) in [7, 11) is 0. The number of hydrogen-bond acceptors (Lipinski definition) is 3. The normalized spacial score (nSPS) is 15.3. The largest absolute Gasteiger partial charge is 0.487 e. The molecule has 30 heavy (non-hydrogen) atoms. The van der Waals surface area contributed by atoms with Crippen LogP contribution in [0.4, 0.5) is 0 Å². The molecule has 1 aliphatic heterocycles. The van der Waals surface area contributed by atoms with Gasteiger partial charge in [0.25, 0.3) is 5.91 Å². The van der Waals surface area contributed by atoms with E-state index in [0.29, 0.717) is 41.2 Å². The minimum atomic E-state index is -0.397. The van der Waals surface area contributed by atoms with Crippen LogP contribution in [0.5, 0.6) is 5.75 Å². The van der Waals surface area contributed by atoms with Crippen LogP contribution in [-0.2, 0) is 13.0 Å². The average molecular weight is 422 g/mol. The first-order chi connectivity index (χ1) is 14.5. The molecule has 1 unspecified atom stereocenters. The van der Waals surface area contributed by atoms with Gasteiger partial charge in [-0.3, -0.25) is 9.59 Å². The van der Waals surface area contributed by atoms with Gasteiger partial charge in [-0.15, -0.1) is 0 Å². The number of fused-ring (bicyclic) bond motifs is 1. The second kappa shape index (κ2) is 7.22. The van der Waals surface area contributed by atoms with Crippen molar-refractivity contribution in [3.8, 4) is 5.75 Å². The summed E-state index contributed by atoms with van der Waals surface area (Å²) >= 11 is 6.32. The number of pyridine rings is 1. The molecule has 0 spiro atoms. The quantitative estimate of drug-likeness (QED) is 0.525. The third-order valence-electron chi connectivity index (χ3n) is 5.52. The summed E-state index contributed by atoms with van der Waals surface area (Å²) in [6, 6.07) is 11.4. The highest BCUT2D eigenvalue weighted by Crippen LogP contribution is 2.33. The van der Waals surface area contributed by atoms with E-state index in [-0.39, 0.29) is 17.1 Å². The lowest BCUT2D eigenvalue weighted by Crippen LogP contribution is -2.33. The van der Waals surface area contributed by atoms with Gasteiger partial charge in [0.15, 0.2) is 0 Å². The van der Waals surface area contributed by atoms with Gasteiger partial charge in [0.1, 0.15) is 17.4 Å². The first-order valence-electron chi connectivity index (χ1n) is 9.88. The SMILES string of the molecule is CC1Cn2cc(C(=O)NCCc3c[nH]c4ccccc34)c(=O)c3c(Cl)ccc(c32)O1. The number of halogens is 1. The van der Waals surface area contributed by atoms with Gasteiger partial charge in [0.2, 0.25) is 5.43 Å². The van der Waals surface area contributed by atoms with Crippen LogP contribution in [0.3, 0.4) is 0 Å². The Labute approximate surface area is 177 Å². The molecule has 5 rings (SSSR count). The van der Waals surface area contributed by atoms with Gasteiger partial charge in [-0.1, -0.05) is 29.8 Å². The zero-order chi connectivity index (χ0) is 20.8. The Morgan fingerprint density at radius 3 is 3.00 bits per heavy atom. The predicted molar refractivity (Wildman–Crippen MR) is 118 cm³/mol. The molecule has 7 heteroatoms. The van der Waals surface area contributed by atoms with Crippen LogP contribution in [0.2, 0.25) is 5.02 Å². The van der Waals surface area contributed by atoms with Crippen molar-refractivity contribution in [2.24, 2.45) is 0 Å². The number of nitrogens with one attached hydrogen (secondary N) is 2. The molecule has 2 aromatic carbocycles. The Hall–Kier alpha value is -3.25. The van der Waals surface area contributed by atoms with Crippen molar-refractivity contribution in [3.05, 3.63) is 75.2 Å². The topological polar surface area (TPSA) is 76.1 Å². The van der Waals surface area contributed by atoms with Crippen LogP contribution in [0, 0.1) is 0 Å². The third kappa shape index (κ3) is 3.04. The van der Waals surface area contributed by atoms with E-state index < -0.39 is 5.91 Å². The summed E-state index contributed by atoms with van der Waals surface area (Å²) in [6.45, 7) is 2.91. The van der Waals surface area contributed by atoms with Crippen LogP contribution >= 0.6 is 11.6 Å². The summed E-state index contributed by atoms with van der Waals surface area (Å²) in [4.78, 5) is 29.2. The Kier molecular flexibility index (Phi) is 4.51. The number of para-hydroxylation sites is 1. The summed E-state index contributed by atoms with van der Waals surface area (Å²) in [5.41, 5.74) is 2.54. The lowest BCUT2D eigenvalue weighted by atomic mass is 10.1. The molecule has 152 valence electrons. The van der Waals surface area contributed by atoms with E-state index in [0.717, 1.165) is 16.5 Å². The third-order valence-corrected chi connectivity index (χ3v) is 5.83. The molecule has 0 radical (unpaired) electrons. The molecule has 0 fully saturated rings. The fourth-order valence-electron chi connectivity index (χ4n) is 4.14. The molecular weight excluding hydrogens is 402 g/mol. The highest BCUT2D eigenvalue weighted by Gasteiger charge is 2.24. The lowest BCUT2D eigenvalue weighted by Gasteiger charge is -2.26. The van der Waals surface area contributed by atoms with Crippen molar-refractivity contribution in [2.45, 2.75) is 26.0 Å². The number of nitrogens with zero attached hydrogens (tertiary/aromatic N) is 1. The number of carbonyl (C=O) groups excluding carboxylic acids is 1. The molecule has 1 amide bonds. The number of H-pyrrole nitrogens is 1. The fraction of sp³-hybridized carbons (Fsp3) is 0.217. The van der Waals surface area contributed by atoms with Gasteiger partial charge in [-0.05, 0) is 37.1 Å². The number of carbonyl (C=O) groups is 1. The van der Waals surface area contributed by atoms with E-state index in [1.165, 1.54) is 0 Å². The molecule has 3 heterocycles. The van der Waals surface area contributed by atoms with Crippen LogP contribution in [0.1, 0.15) is 22.8 Å². The monoisotopic (exact) mass is 421 g/mol. The number of ether oxygens (including phenoxy) is 1. The maximum atomic E-state index is 13.1. The zero-order valence-corrected chi connectivity index (χ0v) is 17.1. The molecule has 6 nitrogen and oxygen atoms in total. The van der Waals surface area contributed by atoms with Gasteiger partial charge in [0.05, 0.1) is 22.5 Å². The highest BCUT2D eigenvalue weighted by molar-refractivity contribution is 6.35. The molecule has 0 aliphatic carbocycles. The number of aromatic nitrogens is 2. The van der Waals surface area contributed by atoms with E-state index in [2.05, 4.69) is 10.3 Å². The summed E-state index contributed by atoms with van der Waals surface area (Å²) in [5, 5.41) is 4.66. The maximum Gasteiger partial charge on any atom is 0.256 e. The van der Waals surface area contributed by atoms with Crippen molar-refractivity contribution < 1.29 is 9.53 Å². The van der Waals surface area contributed by atoms with Crippen molar-refractivity contribution in [3.63, 3.8) is 0 Å².